The second-order valence-electron chi connectivity index (χ2n) is 4.99. The van der Waals surface area contributed by atoms with Crippen LogP contribution in [0.4, 0.5) is 5.95 Å². The van der Waals surface area contributed by atoms with Gasteiger partial charge in [-0.2, -0.15) is 4.31 Å². The first kappa shape index (κ1) is 15.5. The number of aromatic nitrogens is 2. The van der Waals surface area contributed by atoms with Crippen LogP contribution in [0, 0.1) is 0 Å². The molecule has 0 radical (unpaired) electrons. The number of hydrogen-bond donors (Lipinski definition) is 1. The standard InChI is InChI=1S/C14H16N4O4S/c1-21-10-3-4-12(22-2)13(5-10)23(19,20)18-7-9-6-16-14(15)17-11(9)8-18/h3-6H,7-8H2,1-2H3,(H2,15,16,17). The number of sulfonamides is 1. The number of anilines is 1. The van der Waals surface area contributed by atoms with Crippen molar-refractivity contribution in [2.45, 2.75) is 18.0 Å². The number of methoxy groups -OCH3 is 2. The topological polar surface area (TPSA) is 108 Å². The van der Waals surface area contributed by atoms with E-state index >= 15 is 0 Å². The number of hydrogen-bond acceptors (Lipinski definition) is 7. The van der Waals surface area contributed by atoms with E-state index in [0.29, 0.717) is 11.4 Å². The van der Waals surface area contributed by atoms with Gasteiger partial charge in [0, 0.05) is 24.4 Å². The summed E-state index contributed by atoms with van der Waals surface area (Å²) in [5, 5.41) is 0. The van der Waals surface area contributed by atoms with E-state index < -0.39 is 10.0 Å². The molecule has 0 amide bonds. The van der Waals surface area contributed by atoms with E-state index in [9.17, 15) is 8.42 Å². The molecule has 0 saturated heterocycles. The minimum absolute atomic E-state index is 0.0492. The van der Waals surface area contributed by atoms with Gasteiger partial charge in [0.25, 0.3) is 0 Å². The van der Waals surface area contributed by atoms with E-state index in [1.807, 2.05) is 0 Å². The van der Waals surface area contributed by atoms with E-state index in [0.717, 1.165) is 5.56 Å². The third-order valence-electron chi connectivity index (χ3n) is 3.63. The van der Waals surface area contributed by atoms with Crippen molar-refractivity contribution < 1.29 is 17.9 Å². The fraction of sp³-hybridized carbons (Fsp3) is 0.286. The molecule has 122 valence electrons. The maximum Gasteiger partial charge on any atom is 0.247 e. The number of nitrogens with zero attached hydrogens (tertiary/aromatic N) is 3. The molecule has 0 fully saturated rings. The van der Waals surface area contributed by atoms with Gasteiger partial charge < -0.3 is 15.2 Å². The summed E-state index contributed by atoms with van der Waals surface area (Å²) in [6.45, 7) is 0.336. The number of nitrogen functional groups attached to an aromatic ring is 1. The van der Waals surface area contributed by atoms with Crippen molar-refractivity contribution in [1.82, 2.24) is 14.3 Å². The lowest BCUT2D eigenvalue weighted by molar-refractivity contribution is 0.384. The molecule has 3 rings (SSSR count). The molecule has 8 nitrogen and oxygen atoms in total. The predicted octanol–water partition coefficient (Wildman–Crippen LogP) is 0.780. The third kappa shape index (κ3) is 2.68. The number of benzene rings is 1. The fourth-order valence-corrected chi connectivity index (χ4v) is 3.98. The van der Waals surface area contributed by atoms with Gasteiger partial charge in [0.15, 0.2) is 0 Å². The number of ether oxygens (including phenoxy) is 2. The van der Waals surface area contributed by atoms with E-state index in [1.54, 1.807) is 18.3 Å². The lowest BCUT2D eigenvalue weighted by Gasteiger charge is -2.18. The molecule has 0 saturated carbocycles. The summed E-state index contributed by atoms with van der Waals surface area (Å²) in [6.07, 6.45) is 1.55. The first-order valence-electron chi connectivity index (χ1n) is 6.78. The lowest BCUT2D eigenvalue weighted by Crippen LogP contribution is -2.26. The van der Waals surface area contributed by atoms with Crippen LogP contribution in [0.3, 0.4) is 0 Å². The van der Waals surface area contributed by atoms with Gasteiger partial charge in [0.2, 0.25) is 16.0 Å². The van der Waals surface area contributed by atoms with E-state index in [4.69, 9.17) is 15.2 Å². The van der Waals surface area contributed by atoms with Gasteiger partial charge in [-0.25, -0.2) is 18.4 Å². The normalized spacial score (nSPS) is 14.5. The number of nitrogens with two attached hydrogens (primary N) is 1. The highest BCUT2D eigenvalue weighted by Gasteiger charge is 2.34. The highest BCUT2D eigenvalue weighted by atomic mass is 32.2. The maximum absolute atomic E-state index is 12.9. The summed E-state index contributed by atoms with van der Waals surface area (Å²) in [5.41, 5.74) is 6.91. The molecule has 2 aromatic rings. The maximum atomic E-state index is 12.9. The highest BCUT2D eigenvalue weighted by Crippen LogP contribution is 2.34. The molecule has 2 heterocycles. The molecule has 9 heteroatoms. The van der Waals surface area contributed by atoms with E-state index in [2.05, 4.69) is 9.97 Å². The second-order valence-corrected chi connectivity index (χ2v) is 6.90. The van der Waals surface area contributed by atoms with Crippen LogP contribution in [-0.2, 0) is 23.1 Å². The summed E-state index contributed by atoms with van der Waals surface area (Å²) in [6, 6.07) is 4.65. The van der Waals surface area contributed by atoms with Crippen molar-refractivity contribution in [3.8, 4) is 11.5 Å². The van der Waals surface area contributed by atoms with Crippen LogP contribution < -0.4 is 15.2 Å². The van der Waals surface area contributed by atoms with Crippen LogP contribution >= 0.6 is 0 Å². The van der Waals surface area contributed by atoms with Crippen LogP contribution in [0.1, 0.15) is 11.3 Å². The Morgan fingerprint density at radius 3 is 2.70 bits per heavy atom. The SMILES string of the molecule is COc1ccc(OC)c(S(=O)(=O)N2Cc3cnc(N)nc3C2)c1. The Labute approximate surface area is 133 Å². The minimum atomic E-state index is -3.77. The second kappa shape index (κ2) is 5.67. The van der Waals surface area contributed by atoms with Crippen molar-refractivity contribution in [1.29, 1.82) is 0 Å². The molecule has 1 aromatic carbocycles. The van der Waals surface area contributed by atoms with Gasteiger partial charge >= 0.3 is 0 Å². The molecule has 1 aliphatic rings. The van der Waals surface area contributed by atoms with Gasteiger partial charge in [-0.1, -0.05) is 0 Å². The lowest BCUT2D eigenvalue weighted by atomic mass is 10.3. The molecule has 0 aliphatic carbocycles. The Balaban J connectivity index is 2.00. The Morgan fingerprint density at radius 2 is 2.00 bits per heavy atom. The summed E-state index contributed by atoms with van der Waals surface area (Å²) >= 11 is 0. The fourth-order valence-electron chi connectivity index (χ4n) is 2.43. The average molecular weight is 336 g/mol. The van der Waals surface area contributed by atoms with Crippen LogP contribution in [0.5, 0.6) is 11.5 Å². The zero-order valence-corrected chi connectivity index (χ0v) is 13.5. The zero-order valence-electron chi connectivity index (χ0n) is 12.7. The van der Waals surface area contributed by atoms with Gasteiger partial charge in [0.05, 0.1) is 26.5 Å². The summed E-state index contributed by atoms with van der Waals surface area (Å²) in [5.74, 6) is 0.819. The molecule has 0 unspecified atom stereocenters. The molecular weight excluding hydrogens is 320 g/mol. The Kier molecular flexibility index (Phi) is 3.82. The van der Waals surface area contributed by atoms with Crippen molar-refractivity contribution in [2.75, 3.05) is 20.0 Å². The molecule has 0 atom stereocenters. The summed E-state index contributed by atoms with van der Waals surface area (Å²) in [7, 11) is -0.878. The third-order valence-corrected chi connectivity index (χ3v) is 5.45. The average Bonchev–Trinajstić information content (AvgIpc) is 2.98. The van der Waals surface area contributed by atoms with Crippen molar-refractivity contribution in [3.63, 3.8) is 0 Å². The minimum Gasteiger partial charge on any atom is -0.497 e. The van der Waals surface area contributed by atoms with Crippen LogP contribution in [-0.4, -0.2) is 36.9 Å². The Morgan fingerprint density at radius 1 is 1.22 bits per heavy atom. The van der Waals surface area contributed by atoms with Gasteiger partial charge in [-0.15, -0.1) is 0 Å². The van der Waals surface area contributed by atoms with E-state index in [-0.39, 0.29) is 29.7 Å². The molecule has 0 spiro atoms. The first-order chi connectivity index (χ1) is 11.0. The number of fused-ring (bicyclic) bond motifs is 1. The van der Waals surface area contributed by atoms with Gasteiger partial charge in [-0.05, 0) is 12.1 Å². The highest BCUT2D eigenvalue weighted by molar-refractivity contribution is 7.89. The van der Waals surface area contributed by atoms with Crippen LogP contribution in [0.15, 0.2) is 29.3 Å². The molecule has 1 aliphatic heterocycles. The number of rotatable bonds is 4. The zero-order chi connectivity index (χ0) is 16.6. The molecule has 23 heavy (non-hydrogen) atoms. The Hall–Kier alpha value is -2.39. The smallest absolute Gasteiger partial charge is 0.247 e. The van der Waals surface area contributed by atoms with Crippen molar-refractivity contribution in [2.24, 2.45) is 0 Å². The molecule has 1 aromatic heterocycles. The van der Waals surface area contributed by atoms with Crippen molar-refractivity contribution >= 4 is 16.0 Å². The molecule has 0 bridgehead atoms. The summed E-state index contributed by atoms with van der Waals surface area (Å²) in [4.78, 5) is 8.04. The van der Waals surface area contributed by atoms with Crippen LogP contribution in [0.2, 0.25) is 0 Å². The van der Waals surface area contributed by atoms with E-state index in [1.165, 1.54) is 24.6 Å². The quantitative estimate of drug-likeness (QED) is 0.879. The van der Waals surface area contributed by atoms with Gasteiger partial charge in [-0.3, -0.25) is 0 Å². The predicted molar refractivity (Wildman–Crippen MR) is 82.4 cm³/mol. The Bertz CT molecular complexity index is 854. The van der Waals surface area contributed by atoms with Gasteiger partial charge in [0.1, 0.15) is 16.4 Å². The molecular formula is C14H16N4O4S. The van der Waals surface area contributed by atoms with Crippen molar-refractivity contribution in [3.05, 3.63) is 35.7 Å². The molecule has 2 N–H and O–H groups in total. The summed E-state index contributed by atoms with van der Waals surface area (Å²) < 4.78 is 37.5. The van der Waals surface area contributed by atoms with Crippen LogP contribution in [0.25, 0.3) is 0 Å². The largest absolute Gasteiger partial charge is 0.497 e. The monoisotopic (exact) mass is 336 g/mol. The first-order valence-corrected chi connectivity index (χ1v) is 8.22.